The van der Waals surface area contributed by atoms with Crippen LogP contribution in [-0.2, 0) is 9.53 Å². The van der Waals surface area contributed by atoms with Gasteiger partial charge in [-0.1, -0.05) is 11.6 Å². The van der Waals surface area contributed by atoms with Crippen LogP contribution in [0.4, 0.5) is 4.39 Å². The first-order valence-electron chi connectivity index (χ1n) is 4.46. The molecule has 1 aromatic rings. The Morgan fingerprint density at radius 1 is 1.62 bits per heavy atom. The van der Waals surface area contributed by atoms with Crippen LogP contribution in [-0.4, -0.2) is 25.7 Å². The molecule has 0 radical (unpaired) electrons. The van der Waals surface area contributed by atoms with Crippen molar-refractivity contribution in [2.75, 3.05) is 13.7 Å². The molecule has 0 aliphatic carbocycles. The standard InChI is InChI=1S/C10H11ClFNO3/c1-15-10(14)8(13)5-16-9-3-2-6(12)4-7(9)11/h2-4,8H,5,13H2,1H3. The van der Waals surface area contributed by atoms with Crippen LogP contribution in [0.15, 0.2) is 18.2 Å². The molecule has 1 aromatic carbocycles. The van der Waals surface area contributed by atoms with Gasteiger partial charge in [0, 0.05) is 0 Å². The van der Waals surface area contributed by atoms with E-state index in [1.54, 1.807) is 0 Å². The fraction of sp³-hybridized carbons (Fsp3) is 0.300. The van der Waals surface area contributed by atoms with Gasteiger partial charge in [0.25, 0.3) is 0 Å². The van der Waals surface area contributed by atoms with Crippen molar-refractivity contribution in [2.45, 2.75) is 6.04 Å². The van der Waals surface area contributed by atoms with Crippen molar-refractivity contribution in [1.82, 2.24) is 0 Å². The van der Waals surface area contributed by atoms with Gasteiger partial charge in [0.1, 0.15) is 24.2 Å². The highest BCUT2D eigenvalue weighted by molar-refractivity contribution is 6.32. The van der Waals surface area contributed by atoms with Crippen LogP contribution in [0.5, 0.6) is 5.75 Å². The Bertz CT molecular complexity index is 386. The monoisotopic (exact) mass is 247 g/mol. The van der Waals surface area contributed by atoms with Crippen molar-refractivity contribution in [2.24, 2.45) is 5.73 Å². The molecule has 88 valence electrons. The number of hydrogen-bond acceptors (Lipinski definition) is 4. The maximum Gasteiger partial charge on any atom is 0.326 e. The number of ether oxygens (including phenoxy) is 2. The quantitative estimate of drug-likeness (QED) is 0.816. The van der Waals surface area contributed by atoms with Gasteiger partial charge in [-0.15, -0.1) is 0 Å². The van der Waals surface area contributed by atoms with E-state index in [9.17, 15) is 9.18 Å². The van der Waals surface area contributed by atoms with Crippen LogP contribution < -0.4 is 10.5 Å². The normalized spacial score (nSPS) is 12.0. The molecule has 0 bridgehead atoms. The third-order valence-corrected chi connectivity index (χ3v) is 2.11. The summed E-state index contributed by atoms with van der Waals surface area (Å²) in [5, 5.41) is 0.122. The number of hydrogen-bond donors (Lipinski definition) is 1. The predicted molar refractivity (Wildman–Crippen MR) is 56.9 cm³/mol. The van der Waals surface area contributed by atoms with E-state index in [-0.39, 0.29) is 17.4 Å². The Morgan fingerprint density at radius 2 is 2.31 bits per heavy atom. The summed E-state index contributed by atoms with van der Waals surface area (Å²) < 4.78 is 22.3. The van der Waals surface area contributed by atoms with Gasteiger partial charge in [-0.25, -0.2) is 4.39 Å². The van der Waals surface area contributed by atoms with Gasteiger partial charge in [-0.2, -0.15) is 0 Å². The second-order valence-electron chi connectivity index (χ2n) is 3.02. The summed E-state index contributed by atoms with van der Waals surface area (Å²) in [6.45, 7) is -0.0853. The Kier molecular flexibility index (Phi) is 4.52. The summed E-state index contributed by atoms with van der Waals surface area (Å²) in [4.78, 5) is 11.0. The third kappa shape index (κ3) is 3.36. The Hall–Kier alpha value is -1.33. The minimum atomic E-state index is -0.897. The molecule has 1 unspecified atom stereocenters. The lowest BCUT2D eigenvalue weighted by Crippen LogP contribution is -2.37. The predicted octanol–water partition coefficient (Wildman–Crippen LogP) is 1.36. The fourth-order valence-electron chi connectivity index (χ4n) is 0.991. The highest BCUT2D eigenvalue weighted by atomic mass is 35.5. The topological polar surface area (TPSA) is 61.5 Å². The molecule has 2 N–H and O–H groups in total. The Labute approximate surface area is 97.1 Å². The van der Waals surface area contributed by atoms with E-state index in [1.807, 2.05) is 0 Å². The third-order valence-electron chi connectivity index (χ3n) is 1.82. The first-order chi connectivity index (χ1) is 7.54. The number of benzene rings is 1. The second kappa shape index (κ2) is 5.67. The van der Waals surface area contributed by atoms with Crippen LogP contribution in [0.25, 0.3) is 0 Å². The molecule has 0 fully saturated rings. The molecular weight excluding hydrogens is 237 g/mol. The van der Waals surface area contributed by atoms with Crippen LogP contribution >= 0.6 is 11.6 Å². The van der Waals surface area contributed by atoms with Crippen molar-refractivity contribution >= 4 is 17.6 Å². The van der Waals surface area contributed by atoms with E-state index in [1.165, 1.54) is 19.2 Å². The summed E-state index contributed by atoms with van der Waals surface area (Å²) in [5.74, 6) is -0.782. The molecule has 0 spiro atoms. The number of halogens is 2. The highest BCUT2D eigenvalue weighted by Crippen LogP contribution is 2.24. The number of carbonyl (C=O) groups is 1. The summed E-state index contributed by atoms with van der Waals surface area (Å²) in [7, 11) is 1.23. The average molecular weight is 248 g/mol. The molecule has 0 heterocycles. The molecule has 0 aromatic heterocycles. The molecule has 6 heteroatoms. The Balaban J connectivity index is 2.58. The highest BCUT2D eigenvalue weighted by Gasteiger charge is 2.15. The zero-order chi connectivity index (χ0) is 12.1. The smallest absolute Gasteiger partial charge is 0.326 e. The van der Waals surface area contributed by atoms with Crippen molar-refractivity contribution in [3.8, 4) is 5.75 Å². The van der Waals surface area contributed by atoms with E-state index in [0.717, 1.165) is 6.07 Å². The van der Waals surface area contributed by atoms with E-state index in [4.69, 9.17) is 22.1 Å². The van der Waals surface area contributed by atoms with Crippen molar-refractivity contribution < 1.29 is 18.7 Å². The molecule has 0 aliphatic heterocycles. The van der Waals surface area contributed by atoms with Gasteiger partial charge >= 0.3 is 5.97 Å². The van der Waals surface area contributed by atoms with E-state index in [2.05, 4.69) is 4.74 Å². The van der Waals surface area contributed by atoms with Crippen LogP contribution in [0.3, 0.4) is 0 Å². The first kappa shape index (κ1) is 12.7. The summed E-state index contributed by atoms with van der Waals surface area (Å²) in [6.07, 6.45) is 0. The molecule has 4 nitrogen and oxygen atoms in total. The van der Waals surface area contributed by atoms with Gasteiger partial charge in [0.15, 0.2) is 0 Å². The summed E-state index contributed by atoms with van der Waals surface area (Å²) in [5.41, 5.74) is 5.44. The summed E-state index contributed by atoms with van der Waals surface area (Å²) >= 11 is 5.70. The number of rotatable bonds is 4. The molecule has 0 saturated carbocycles. The molecule has 16 heavy (non-hydrogen) atoms. The zero-order valence-corrected chi connectivity index (χ0v) is 9.33. The molecule has 0 aliphatic rings. The zero-order valence-electron chi connectivity index (χ0n) is 8.57. The largest absolute Gasteiger partial charge is 0.490 e. The van der Waals surface area contributed by atoms with Gasteiger partial charge in [-0.3, -0.25) is 4.79 Å². The second-order valence-corrected chi connectivity index (χ2v) is 3.42. The van der Waals surface area contributed by atoms with Crippen molar-refractivity contribution in [3.63, 3.8) is 0 Å². The SMILES string of the molecule is COC(=O)C(N)COc1ccc(F)cc1Cl. The average Bonchev–Trinajstić information content (AvgIpc) is 2.26. The number of esters is 1. The number of methoxy groups -OCH3 is 1. The van der Waals surface area contributed by atoms with Crippen LogP contribution in [0, 0.1) is 5.82 Å². The van der Waals surface area contributed by atoms with Crippen LogP contribution in [0.2, 0.25) is 5.02 Å². The maximum absolute atomic E-state index is 12.7. The summed E-state index contributed by atoms with van der Waals surface area (Å²) in [6, 6.07) is 2.78. The Morgan fingerprint density at radius 3 is 2.88 bits per heavy atom. The van der Waals surface area contributed by atoms with E-state index < -0.39 is 17.8 Å². The van der Waals surface area contributed by atoms with Gasteiger partial charge in [0.2, 0.25) is 0 Å². The van der Waals surface area contributed by atoms with E-state index >= 15 is 0 Å². The molecule has 1 rings (SSSR count). The van der Waals surface area contributed by atoms with Crippen molar-refractivity contribution in [1.29, 1.82) is 0 Å². The first-order valence-corrected chi connectivity index (χ1v) is 4.83. The van der Waals surface area contributed by atoms with Gasteiger partial charge in [0.05, 0.1) is 12.1 Å². The lowest BCUT2D eigenvalue weighted by molar-refractivity contribution is -0.142. The maximum atomic E-state index is 12.7. The lowest BCUT2D eigenvalue weighted by atomic mass is 10.3. The van der Waals surface area contributed by atoms with Gasteiger partial charge < -0.3 is 15.2 Å². The van der Waals surface area contributed by atoms with Gasteiger partial charge in [-0.05, 0) is 18.2 Å². The molecule has 0 saturated heterocycles. The molecule has 0 amide bonds. The van der Waals surface area contributed by atoms with Crippen LogP contribution in [0.1, 0.15) is 0 Å². The van der Waals surface area contributed by atoms with E-state index in [0.29, 0.717) is 0 Å². The van der Waals surface area contributed by atoms with Crippen molar-refractivity contribution in [3.05, 3.63) is 29.0 Å². The minimum absolute atomic E-state index is 0.0853. The number of carbonyl (C=O) groups excluding carboxylic acids is 1. The molecular formula is C10H11ClFNO3. The molecule has 1 atom stereocenters. The minimum Gasteiger partial charge on any atom is -0.490 e. The lowest BCUT2D eigenvalue weighted by Gasteiger charge is -2.11. The number of nitrogens with two attached hydrogens (primary N) is 1. The fourth-order valence-corrected chi connectivity index (χ4v) is 1.21.